The first-order chi connectivity index (χ1) is 14.6. The van der Waals surface area contributed by atoms with E-state index in [-0.39, 0.29) is 12.2 Å². The van der Waals surface area contributed by atoms with Crippen LogP contribution >= 0.6 is 22.9 Å². The van der Waals surface area contributed by atoms with Crippen LogP contribution in [0.3, 0.4) is 0 Å². The second-order valence-electron chi connectivity index (χ2n) is 6.25. The van der Waals surface area contributed by atoms with Crippen molar-refractivity contribution in [1.82, 2.24) is 15.0 Å². The van der Waals surface area contributed by atoms with Crippen molar-refractivity contribution in [3.8, 4) is 21.8 Å². The van der Waals surface area contributed by atoms with E-state index in [1.54, 1.807) is 18.3 Å². The predicted octanol–water partition coefficient (Wildman–Crippen LogP) is 5.84. The van der Waals surface area contributed by atoms with Crippen LogP contribution in [0.25, 0.3) is 21.8 Å². The summed E-state index contributed by atoms with van der Waals surface area (Å²) in [5, 5.41) is 6.80. The largest absolute Gasteiger partial charge is 0.462 e. The summed E-state index contributed by atoms with van der Waals surface area (Å²) in [4.78, 5) is 24.9. The zero-order valence-corrected chi connectivity index (χ0v) is 17.6. The molecule has 30 heavy (non-hydrogen) atoms. The van der Waals surface area contributed by atoms with Crippen LogP contribution in [0.2, 0.25) is 5.02 Å². The van der Waals surface area contributed by atoms with E-state index >= 15 is 0 Å². The number of aromatic nitrogens is 3. The highest BCUT2D eigenvalue weighted by molar-refractivity contribution is 7.13. The Morgan fingerprint density at radius 2 is 1.83 bits per heavy atom. The van der Waals surface area contributed by atoms with Crippen LogP contribution in [-0.4, -0.2) is 27.5 Å². The van der Waals surface area contributed by atoms with E-state index in [9.17, 15) is 4.79 Å². The van der Waals surface area contributed by atoms with Crippen molar-refractivity contribution in [2.45, 2.75) is 6.92 Å². The van der Waals surface area contributed by atoms with E-state index in [1.165, 1.54) is 12.5 Å². The number of hydrogen-bond acceptors (Lipinski definition) is 7. The third-order valence-corrected chi connectivity index (χ3v) is 5.39. The maximum Gasteiger partial charge on any atom is 0.343 e. The Balaban J connectivity index is 1.52. The molecule has 2 heterocycles. The topological polar surface area (TPSA) is 77.0 Å². The van der Waals surface area contributed by atoms with Crippen molar-refractivity contribution in [2.75, 3.05) is 11.9 Å². The van der Waals surface area contributed by atoms with Gasteiger partial charge in [-0.05, 0) is 31.2 Å². The Morgan fingerprint density at radius 3 is 2.57 bits per heavy atom. The highest BCUT2D eigenvalue weighted by Gasteiger charge is 2.14. The van der Waals surface area contributed by atoms with E-state index < -0.39 is 5.97 Å². The molecule has 1 N–H and O–H groups in total. The Morgan fingerprint density at radius 1 is 1.10 bits per heavy atom. The quantitative estimate of drug-likeness (QED) is 0.382. The Bertz CT molecular complexity index is 1160. The summed E-state index contributed by atoms with van der Waals surface area (Å²) in [5.41, 5.74) is 3.99. The number of nitrogens with one attached hydrogen (secondary N) is 1. The van der Waals surface area contributed by atoms with Gasteiger partial charge in [0.25, 0.3) is 0 Å². The van der Waals surface area contributed by atoms with Crippen LogP contribution in [0.5, 0.6) is 0 Å². The fourth-order valence-corrected chi connectivity index (χ4v) is 3.74. The zero-order chi connectivity index (χ0) is 20.9. The molecule has 0 aliphatic rings. The maximum absolute atomic E-state index is 12.1. The molecule has 0 radical (unpaired) electrons. The summed E-state index contributed by atoms with van der Waals surface area (Å²) in [5.74, 6) is -0.0655. The number of nitrogens with zero attached hydrogens (tertiary/aromatic N) is 3. The molecule has 0 spiro atoms. The number of ether oxygens (including phenoxy) is 1. The Hall–Kier alpha value is -3.29. The summed E-state index contributed by atoms with van der Waals surface area (Å²) in [6.07, 6.45) is 2.82. The molecule has 0 amide bonds. The summed E-state index contributed by atoms with van der Waals surface area (Å²) in [6.45, 7) is 2.04. The van der Waals surface area contributed by atoms with Gasteiger partial charge in [-0.25, -0.2) is 19.7 Å². The minimum absolute atomic E-state index is 0.285. The van der Waals surface area contributed by atoms with Gasteiger partial charge in [-0.1, -0.05) is 35.9 Å². The van der Waals surface area contributed by atoms with Crippen molar-refractivity contribution >= 4 is 40.4 Å². The van der Waals surface area contributed by atoms with Gasteiger partial charge in [0, 0.05) is 33.4 Å². The molecule has 0 aliphatic heterocycles. The second kappa shape index (κ2) is 9.02. The van der Waals surface area contributed by atoms with Gasteiger partial charge in [-0.3, -0.25) is 0 Å². The second-order valence-corrected chi connectivity index (χ2v) is 7.55. The Kier molecular flexibility index (Phi) is 6.02. The van der Waals surface area contributed by atoms with Crippen LogP contribution in [0.15, 0.2) is 66.4 Å². The first-order valence-corrected chi connectivity index (χ1v) is 10.5. The minimum Gasteiger partial charge on any atom is -0.462 e. The number of halogens is 1. The normalized spacial score (nSPS) is 10.6. The van der Waals surface area contributed by atoms with Gasteiger partial charge in [-0.2, -0.15) is 0 Å². The molecule has 150 valence electrons. The number of benzene rings is 2. The molecular formula is C22H17ClN4O2S. The molecule has 0 saturated heterocycles. The number of carbonyl (C=O) groups is 1. The molecule has 0 aliphatic carbocycles. The SMILES string of the molecule is CCOC(=O)c1cncnc1Nc1ccc(-c2csc(-c3ccc(Cl)cc3)n2)cc1. The molecule has 0 bridgehead atoms. The van der Waals surface area contributed by atoms with Crippen LogP contribution in [0, 0.1) is 0 Å². The Labute approximate surface area is 182 Å². The number of rotatable bonds is 6. The standard InChI is InChI=1S/C22H17ClN4O2S/c1-2-29-22(28)18-11-24-13-25-20(18)26-17-9-5-14(6-10-17)19-12-30-21(27-19)15-3-7-16(23)8-4-15/h3-13H,2H2,1H3,(H,24,25,26). The highest BCUT2D eigenvalue weighted by Crippen LogP contribution is 2.30. The van der Waals surface area contributed by atoms with Crippen molar-refractivity contribution < 1.29 is 9.53 Å². The molecule has 0 atom stereocenters. The van der Waals surface area contributed by atoms with Crippen molar-refractivity contribution in [3.63, 3.8) is 0 Å². The number of hydrogen-bond donors (Lipinski definition) is 1. The zero-order valence-electron chi connectivity index (χ0n) is 16.0. The highest BCUT2D eigenvalue weighted by atomic mass is 35.5. The molecule has 0 fully saturated rings. The molecule has 6 nitrogen and oxygen atoms in total. The fraction of sp³-hybridized carbons (Fsp3) is 0.0909. The van der Waals surface area contributed by atoms with E-state index in [4.69, 9.17) is 21.3 Å². The summed E-state index contributed by atoms with van der Waals surface area (Å²) in [7, 11) is 0. The van der Waals surface area contributed by atoms with Crippen LogP contribution in [0.4, 0.5) is 11.5 Å². The van der Waals surface area contributed by atoms with Gasteiger partial charge in [0.05, 0.1) is 12.3 Å². The fourth-order valence-electron chi connectivity index (χ4n) is 2.78. The molecule has 0 unspecified atom stereocenters. The first-order valence-electron chi connectivity index (χ1n) is 9.20. The van der Waals surface area contributed by atoms with Crippen molar-refractivity contribution in [2.24, 2.45) is 0 Å². The lowest BCUT2D eigenvalue weighted by molar-refractivity contribution is 0.0526. The van der Waals surface area contributed by atoms with Crippen LogP contribution in [-0.2, 0) is 4.74 Å². The van der Waals surface area contributed by atoms with Gasteiger partial charge in [0.1, 0.15) is 22.7 Å². The lowest BCUT2D eigenvalue weighted by atomic mass is 10.1. The molecule has 0 saturated carbocycles. The maximum atomic E-state index is 12.1. The van der Waals surface area contributed by atoms with Gasteiger partial charge >= 0.3 is 5.97 Å². The van der Waals surface area contributed by atoms with Crippen LogP contribution < -0.4 is 5.32 Å². The van der Waals surface area contributed by atoms with Gasteiger partial charge < -0.3 is 10.1 Å². The average Bonchev–Trinajstić information content (AvgIpc) is 3.25. The molecule has 4 rings (SSSR count). The van der Waals surface area contributed by atoms with E-state index in [0.29, 0.717) is 10.8 Å². The molecular weight excluding hydrogens is 420 g/mol. The third-order valence-electron chi connectivity index (χ3n) is 4.25. The van der Waals surface area contributed by atoms with Crippen molar-refractivity contribution in [3.05, 3.63) is 77.0 Å². The van der Waals surface area contributed by atoms with E-state index in [2.05, 4.69) is 15.3 Å². The number of esters is 1. The molecule has 2 aromatic heterocycles. The predicted molar refractivity (Wildman–Crippen MR) is 119 cm³/mol. The van der Waals surface area contributed by atoms with E-state index in [0.717, 1.165) is 27.5 Å². The van der Waals surface area contributed by atoms with Crippen LogP contribution in [0.1, 0.15) is 17.3 Å². The summed E-state index contributed by atoms with van der Waals surface area (Å²) in [6, 6.07) is 15.4. The van der Waals surface area contributed by atoms with Crippen molar-refractivity contribution in [1.29, 1.82) is 0 Å². The van der Waals surface area contributed by atoms with Gasteiger partial charge in [0.2, 0.25) is 0 Å². The van der Waals surface area contributed by atoms with Gasteiger partial charge in [0.15, 0.2) is 0 Å². The number of carbonyl (C=O) groups excluding carboxylic acids is 1. The number of thiazole rings is 1. The van der Waals surface area contributed by atoms with Gasteiger partial charge in [-0.15, -0.1) is 11.3 Å². The monoisotopic (exact) mass is 436 g/mol. The molecule has 8 heteroatoms. The lowest BCUT2D eigenvalue weighted by Crippen LogP contribution is -2.09. The summed E-state index contributed by atoms with van der Waals surface area (Å²) < 4.78 is 5.06. The smallest absolute Gasteiger partial charge is 0.343 e. The number of anilines is 2. The van der Waals surface area contributed by atoms with E-state index in [1.807, 2.05) is 53.9 Å². The molecule has 2 aromatic carbocycles. The average molecular weight is 437 g/mol. The third kappa shape index (κ3) is 4.48. The minimum atomic E-state index is -0.463. The summed E-state index contributed by atoms with van der Waals surface area (Å²) >= 11 is 7.54. The first kappa shape index (κ1) is 20.0. The lowest BCUT2D eigenvalue weighted by Gasteiger charge is -2.10. The molecule has 4 aromatic rings.